The number of hydrogen-bond donors (Lipinski definition) is 3. The molecule has 3 N–H and O–H groups in total. The summed E-state index contributed by atoms with van der Waals surface area (Å²) in [5, 5.41) is 20.5. The number of methoxy groups -OCH3 is 1. The van der Waals surface area contributed by atoms with Gasteiger partial charge in [-0.05, 0) is 24.6 Å². The lowest BCUT2D eigenvalue weighted by Crippen LogP contribution is -2.51. The summed E-state index contributed by atoms with van der Waals surface area (Å²) in [6.45, 7) is 1.59. The Morgan fingerprint density at radius 2 is 2.10 bits per heavy atom. The zero-order chi connectivity index (χ0) is 16.0. The van der Waals surface area contributed by atoms with Gasteiger partial charge in [-0.1, -0.05) is 12.1 Å². The van der Waals surface area contributed by atoms with E-state index in [4.69, 9.17) is 9.84 Å². The van der Waals surface area contributed by atoms with Crippen LogP contribution in [0.1, 0.15) is 12.5 Å². The molecular weight excluding hydrogens is 276 g/mol. The van der Waals surface area contributed by atoms with Crippen LogP contribution in [0, 0.1) is 0 Å². The number of carboxylic acids is 1. The molecule has 0 aliphatic heterocycles. The van der Waals surface area contributed by atoms with E-state index in [1.165, 1.54) is 18.9 Å². The molecule has 0 bridgehead atoms. The third kappa shape index (κ3) is 4.96. The van der Waals surface area contributed by atoms with Crippen LogP contribution in [0.15, 0.2) is 24.3 Å². The van der Waals surface area contributed by atoms with Gasteiger partial charge in [0.25, 0.3) is 0 Å². The van der Waals surface area contributed by atoms with E-state index in [-0.39, 0.29) is 6.54 Å². The minimum absolute atomic E-state index is 0.287. The first-order valence-electron chi connectivity index (χ1n) is 6.40. The van der Waals surface area contributed by atoms with E-state index in [9.17, 15) is 14.7 Å². The van der Waals surface area contributed by atoms with Gasteiger partial charge < -0.3 is 25.2 Å². The van der Waals surface area contributed by atoms with Crippen molar-refractivity contribution in [1.29, 1.82) is 0 Å². The molecule has 7 nitrogen and oxygen atoms in total. The van der Waals surface area contributed by atoms with Crippen molar-refractivity contribution in [3.05, 3.63) is 29.8 Å². The topological polar surface area (TPSA) is 99.1 Å². The van der Waals surface area contributed by atoms with Crippen molar-refractivity contribution in [2.45, 2.75) is 25.6 Å². The number of carbonyl (C=O) groups is 2. The van der Waals surface area contributed by atoms with Gasteiger partial charge in [-0.3, -0.25) is 0 Å². The van der Waals surface area contributed by atoms with E-state index in [0.717, 1.165) is 5.56 Å². The van der Waals surface area contributed by atoms with Gasteiger partial charge in [-0.2, -0.15) is 0 Å². The molecule has 0 spiro atoms. The molecule has 0 saturated carbocycles. The second kappa shape index (κ2) is 7.49. The number of rotatable bonds is 6. The Morgan fingerprint density at radius 3 is 2.62 bits per heavy atom. The summed E-state index contributed by atoms with van der Waals surface area (Å²) in [6, 6.07) is 5.28. The Morgan fingerprint density at radius 1 is 1.43 bits per heavy atom. The summed E-state index contributed by atoms with van der Waals surface area (Å²) in [4.78, 5) is 24.2. The highest BCUT2D eigenvalue weighted by atomic mass is 16.5. The number of aliphatic carboxylic acids is 1. The van der Waals surface area contributed by atoms with E-state index in [0.29, 0.717) is 5.75 Å². The minimum atomic E-state index is -1.34. The van der Waals surface area contributed by atoms with Crippen molar-refractivity contribution in [1.82, 2.24) is 10.2 Å². The van der Waals surface area contributed by atoms with Gasteiger partial charge in [0.1, 0.15) is 5.75 Å². The number of urea groups is 1. The Kier molecular flexibility index (Phi) is 5.98. The summed E-state index contributed by atoms with van der Waals surface area (Å²) in [6.07, 6.45) is -1.18. The lowest BCUT2D eigenvalue weighted by Gasteiger charge is -2.23. The highest BCUT2D eigenvalue weighted by Gasteiger charge is 2.26. The molecule has 0 radical (unpaired) electrons. The molecule has 0 heterocycles. The van der Waals surface area contributed by atoms with Gasteiger partial charge in [-0.25, -0.2) is 9.59 Å². The maximum Gasteiger partial charge on any atom is 0.328 e. The second-order valence-electron chi connectivity index (χ2n) is 4.71. The molecular formula is C14H20N2O5. The van der Waals surface area contributed by atoms with E-state index >= 15 is 0 Å². The van der Waals surface area contributed by atoms with Crippen LogP contribution in [0.3, 0.4) is 0 Å². The summed E-state index contributed by atoms with van der Waals surface area (Å²) in [7, 11) is 3.09. The lowest BCUT2D eigenvalue weighted by atomic mass is 10.2. The van der Waals surface area contributed by atoms with Crippen molar-refractivity contribution in [3.63, 3.8) is 0 Å². The average molecular weight is 296 g/mol. The van der Waals surface area contributed by atoms with Crippen LogP contribution in [0.2, 0.25) is 0 Å². The normalized spacial score (nSPS) is 13.1. The SMILES string of the molecule is COc1cccc(CN(C)C(=O)NC(C(=O)O)C(C)O)c1. The number of benzene rings is 1. The van der Waals surface area contributed by atoms with Crippen LogP contribution in [0.5, 0.6) is 5.75 Å². The molecule has 0 aliphatic rings. The van der Waals surface area contributed by atoms with Gasteiger partial charge >= 0.3 is 12.0 Å². The number of nitrogens with zero attached hydrogens (tertiary/aromatic N) is 1. The van der Waals surface area contributed by atoms with Crippen LogP contribution in [0.25, 0.3) is 0 Å². The Bertz CT molecular complexity index is 504. The molecule has 0 aromatic heterocycles. The van der Waals surface area contributed by atoms with Crippen LogP contribution < -0.4 is 10.1 Å². The van der Waals surface area contributed by atoms with Crippen molar-refractivity contribution in [2.24, 2.45) is 0 Å². The van der Waals surface area contributed by atoms with Gasteiger partial charge in [0.05, 0.1) is 13.2 Å². The fourth-order valence-corrected chi connectivity index (χ4v) is 1.75. The smallest absolute Gasteiger partial charge is 0.328 e. The molecule has 2 unspecified atom stereocenters. The average Bonchev–Trinajstić information content (AvgIpc) is 2.43. The zero-order valence-electron chi connectivity index (χ0n) is 12.2. The van der Waals surface area contributed by atoms with Crippen molar-refractivity contribution < 1.29 is 24.5 Å². The summed E-state index contributed by atoms with van der Waals surface area (Å²) in [5.74, 6) is -0.609. The highest BCUT2D eigenvalue weighted by Crippen LogP contribution is 2.13. The van der Waals surface area contributed by atoms with Crippen molar-refractivity contribution >= 4 is 12.0 Å². The van der Waals surface area contributed by atoms with Gasteiger partial charge in [0, 0.05) is 13.6 Å². The van der Waals surface area contributed by atoms with Crippen LogP contribution >= 0.6 is 0 Å². The number of hydrogen-bond acceptors (Lipinski definition) is 4. The summed E-state index contributed by atoms with van der Waals surface area (Å²) in [5.41, 5.74) is 0.843. The summed E-state index contributed by atoms with van der Waals surface area (Å²) < 4.78 is 5.09. The first-order valence-corrected chi connectivity index (χ1v) is 6.40. The van der Waals surface area contributed by atoms with Gasteiger partial charge in [0.2, 0.25) is 0 Å². The van der Waals surface area contributed by atoms with Gasteiger partial charge in [0.15, 0.2) is 6.04 Å². The maximum absolute atomic E-state index is 11.9. The van der Waals surface area contributed by atoms with E-state index in [2.05, 4.69) is 5.32 Å². The minimum Gasteiger partial charge on any atom is -0.497 e. The number of ether oxygens (including phenoxy) is 1. The predicted molar refractivity (Wildman–Crippen MR) is 76.1 cm³/mol. The quantitative estimate of drug-likeness (QED) is 0.716. The van der Waals surface area contributed by atoms with Gasteiger partial charge in [-0.15, -0.1) is 0 Å². The second-order valence-corrected chi connectivity index (χ2v) is 4.71. The summed E-state index contributed by atoms with van der Waals surface area (Å²) >= 11 is 0. The first kappa shape index (κ1) is 16.8. The van der Waals surface area contributed by atoms with Crippen molar-refractivity contribution in [3.8, 4) is 5.75 Å². The Labute approximate surface area is 123 Å². The molecule has 21 heavy (non-hydrogen) atoms. The third-order valence-corrected chi connectivity index (χ3v) is 2.93. The molecule has 0 fully saturated rings. The number of carbonyl (C=O) groups excluding carboxylic acids is 1. The number of nitrogens with one attached hydrogen (secondary N) is 1. The lowest BCUT2D eigenvalue weighted by molar-refractivity contribution is -0.141. The van der Waals surface area contributed by atoms with Crippen LogP contribution in [-0.2, 0) is 11.3 Å². The maximum atomic E-state index is 11.9. The largest absolute Gasteiger partial charge is 0.497 e. The van der Waals surface area contributed by atoms with E-state index < -0.39 is 24.1 Å². The number of aliphatic hydroxyl groups is 1. The van der Waals surface area contributed by atoms with Crippen LogP contribution in [-0.4, -0.2) is 53.4 Å². The molecule has 116 valence electrons. The Hall–Kier alpha value is -2.28. The molecule has 1 aromatic rings. The molecule has 0 aliphatic carbocycles. The third-order valence-electron chi connectivity index (χ3n) is 2.93. The molecule has 0 saturated heterocycles. The molecule has 2 atom stereocenters. The standard InChI is InChI=1S/C14H20N2O5/c1-9(17)12(13(18)19)15-14(20)16(2)8-10-5-4-6-11(7-10)21-3/h4-7,9,12,17H,8H2,1-3H3,(H,15,20)(H,18,19). The molecule has 1 rings (SSSR count). The fourth-order valence-electron chi connectivity index (χ4n) is 1.75. The first-order chi connectivity index (χ1) is 9.85. The molecule has 1 aromatic carbocycles. The number of amides is 2. The highest BCUT2D eigenvalue weighted by molar-refractivity contribution is 5.82. The fraction of sp³-hybridized carbons (Fsp3) is 0.429. The Balaban J connectivity index is 2.67. The zero-order valence-corrected chi connectivity index (χ0v) is 12.2. The number of carboxylic acid groups (broad SMARTS) is 1. The van der Waals surface area contributed by atoms with Crippen molar-refractivity contribution in [2.75, 3.05) is 14.2 Å². The molecule has 7 heteroatoms. The molecule has 2 amide bonds. The monoisotopic (exact) mass is 296 g/mol. The predicted octanol–water partition coefficient (Wildman–Crippen LogP) is 0.671. The van der Waals surface area contributed by atoms with E-state index in [1.54, 1.807) is 25.3 Å². The number of aliphatic hydroxyl groups excluding tert-OH is 1. The van der Waals surface area contributed by atoms with Crippen LogP contribution in [0.4, 0.5) is 4.79 Å². The van der Waals surface area contributed by atoms with E-state index in [1.807, 2.05) is 6.07 Å².